The third kappa shape index (κ3) is 1.23. The van der Waals surface area contributed by atoms with Crippen molar-refractivity contribution in [3.05, 3.63) is 17.0 Å². The Morgan fingerprint density at radius 3 is 2.92 bits per heavy atom. The predicted molar refractivity (Wildman–Crippen MR) is 49.3 cm³/mol. The van der Waals surface area contributed by atoms with E-state index in [1.807, 2.05) is 11.6 Å². The van der Waals surface area contributed by atoms with Gasteiger partial charge in [0.2, 0.25) is 0 Å². The van der Waals surface area contributed by atoms with E-state index in [4.69, 9.17) is 5.26 Å². The van der Waals surface area contributed by atoms with Gasteiger partial charge in [-0.25, -0.2) is 0 Å². The molecular weight excluding hydrogens is 162 g/mol. The maximum atomic E-state index is 8.98. The third-order valence-corrected chi connectivity index (χ3v) is 2.63. The van der Waals surface area contributed by atoms with Gasteiger partial charge in [-0.3, -0.25) is 4.68 Å². The first-order valence-electron chi connectivity index (χ1n) is 4.85. The molecule has 1 aliphatic rings. The van der Waals surface area contributed by atoms with Crippen molar-refractivity contribution in [2.75, 3.05) is 0 Å². The minimum absolute atomic E-state index is 0.789. The number of hydrogen-bond acceptors (Lipinski definition) is 2. The van der Waals surface area contributed by atoms with Crippen LogP contribution in [-0.4, -0.2) is 9.78 Å². The number of aromatic nitrogens is 2. The van der Waals surface area contributed by atoms with Crippen LogP contribution in [0, 0.1) is 11.3 Å². The van der Waals surface area contributed by atoms with Gasteiger partial charge in [0, 0.05) is 12.1 Å². The van der Waals surface area contributed by atoms with Gasteiger partial charge in [-0.05, 0) is 32.6 Å². The fourth-order valence-electron chi connectivity index (χ4n) is 1.96. The molecule has 3 nitrogen and oxygen atoms in total. The van der Waals surface area contributed by atoms with Gasteiger partial charge in [0.1, 0.15) is 11.8 Å². The Balaban J connectivity index is 2.52. The molecule has 3 heteroatoms. The molecule has 0 bridgehead atoms. The van der Waals surface area contributed by atoms with Gasteiger partial charge < -0.3 is 0 Å². The van der Waals surface area contributed by atoms with Crippen molar-refractivity contribution >= 4 is 0 Å². The fourth-order valence-corrected chi connectivity index (χ4v) is 1.96. The standard InChI is InChI=1S/C10H13N3/c1-2-13-10(7-11)8-5-3-4-6-9(8)12-13/h2-6H2,1H3. The Morgan fingerprint density at radius 2 is 2.23 bits per heavy atom. The molecule has 1 aromatic rings. The van der Waals surface area contributed by atoms with Crippen molar-refractivity contribution in [2.24, 2.45) is 0 Å². The largest absolute Gasteiger partial charge is 0.255 e. The zero-order chi connectivity index (χ0) is 9.26. The van der Waals surface area contributed by atoms with Gasteiger partial charge >= 0.3 is 0 Å². The molecule has 1 heterocycles. The van der Waals surface area contributed by atoms with E-state index in [1.54, 1.807) is 0 Å². The number of hydrogen-bond donors (Lipinski definition) is 0. The summed E-state index contributed by atoms with van der Waals surface area (Å²) in [7, 11) is 0. The minimum Gasteiger partial charge on any atom is -0.255 e. The Labute approximate surface area is 78.0 Å². The summed E-state index contributed by atoms with van der Waals surface area (Å²) in [6.45, 7) is 2.83. The van der Waals surface area contributed by atoms with Gasteiger partial charge in [-0.15, -0.1) is 0 Å². The van der Waals surface area contributed by atoms with Crippen molar-refractivity contribution in [1.82, 2.24) is 9.78 Å². The Bertz CT molecular complexity index is 357. The van der Waals surface area contributed by atoms with Gasteiger partial charge in [0.15, 0.2) is 0 Å². The lowest BCUT2D eigenvalue weighted by Crippen LogP contribution is -2.01. The molecule has 2 rings (SSSR count). The van der Waals surface area contributed by atoms with E-state index in [9.17, 15) is 0 Å². The van der Waals surface area contributed by atoms with Crippen molar-refractivity contribution in [3.8, 4) is 6.07 Å². The van der Waals surface area contributed by atoms with E-state index in [0.717, 1.165) is 30.8 Å². The number of fused-ring (bicyclic) bond motifs is 1. The zero-order valence-corrected chi connectivity index (χ0v) is 7.88. The Morgan fingerprint density at radius 1 is 1.46 bits per heavy atom. The van der Waals surface area contributed by atoms with Crippen LogP contribution < -0.4 is 0 Å². The highest BCUT2D eigenvalue weighted by Gasteiger charge is 2.19. The Hall–Kier alpha value is -1.30. The third-order valence-electron chi connectivity index (χ3n) is 2.63. The SMILES string of the molecule is CCn1nc2c(c1C#N)CCCC2. The lowest BCUT2D eigenvalue weighted by molar-refractivity contribution is 0.628. The minimum atomic E-state index is 0.789. The molecule has 13 heavy (non-hydrogen) atoms. The van der Waals surface area contributed by atoms with Crippen molar-refractivity contribution in [3.63, 3.8) is 0 Å². The summed E-state index contributed by atoms with van der Waals surface area (Å²) in [5, 5.41) is 13.4. The van der Waals surface area contributed by atoms with Crippen molar-refractivity contribution in [2.45, 2.75) is 39.2 Å². The van der Waals surface area contributed by atoms with Crippen molar-refractivity contribution < 1.29 is 0 Å². The van der Waals surface area contributed by atoms with Crippen LogP contribution in [0.2, 0.25) is 0 Å². The van der Waals surface area contributed by atoms with E-state index >= 15 is 0 Å². The number of aryl methyl sites for hydroxylation is 2. The lowest BCUT2D eigenvalue weighted by atomic mass is 9.96. The van der Waals surface area contributed by atoms with Crippen LogP contribution in [0.25, 0.3) is 0 Å². The second kappa shape index (κ2) is 3.21. The molecule has 0 radical (unpaired) electrons. The van der Waals surface area contributed by atoms with Gasteiger partial charge in [-0.2, -0.15) is 10.4 Å². The van der Waals surface area contributed by atoms with Gasteiger partial charge in [-0.1, -0.05) is 0 Å². The second-order valence-electron chi connectivity index (χ2n) is 3.41. The molecule has 0 aliphatic heterocycles. The zero-order valence-electron chi connectivity index (χ0n) is 7.88. The molecule has 0 atom stereocenters. The predicted octanol–water partition coefficient (Wildman–Crippen LogP) is 1.65. The highest BCUT2D eigenvalue weighted by Crippen LogP contribution is 2.23. The topological polar surface area (TPSA) is 41.6 Å². The summed E-state index contributed by atoms with van der Waals surface area (Å²) < 4.78 is 1.83. The lowest BCUT2D eigenvalue weighted by Gasteiger charge is -2.07. The van der Waals surface area contributed by atoms with Crippen LogP contribution in [-0.2, 0) is 19.4 Å². The van der Waals surface area contributed by atoms with Crippen LogP contribution >= 0.6 is 0 Å². The monoisotopic (exact) mass is 175 g/mol. The summed E-state index contributed by atoms with van der Waals surface area (Å²) >= 11 is 0. The normalized spacial score (nSPS) is 15.1. The molecule has 1 aromatic heterocycles. The summed E-state index contributed by atoms with van der Waals surface area (Å²) in [5.41, 5.74) is 3.15. The van der Waals surface area contributed by atoms with Crippen LogP contribution in [0.4, 0.5) is 0 Å². The number of nitrogens with zero attached hydrogens (tertiary/aromatic N) is 3. The van der Waals surface area contributed by atoms with Gasteiger partial charge in [0.25, 0.3) is 0 Å². The summed E-state index contributed by atoms with van der Waals surface area (Å²) in [4.78, 5) is 0. The van der Waals surface area contributed by atoms with Crippen LogP contribution in [0.5, 0.6) is 0 Å². The van der Waals surface area contributed by atoms with E-state index < -0.39 is 0 Å². The highest BCUT2D eigenvalue weighted by atomic mass is 15.3. The Kier molecular flexibility index (Phi) is 2.05. The maximum absolute atomic E-state index is 8.98. The molecule has 0 spiro atoms. The van der Waals surface area contributed by atoms with E-state index in [-0.39, 0.29) is 0 Å². The molecule has 68 valence electrons. The molecule has 0 saturated carbocycles. The molecule has 0 fully saturated rings. The molecule has 0 amide bonds. The molecule has 0 saturated heterocycles. The van der Waals surface area contributed by atoms with Gasteiger partial charge in [0.05, 0.1) is 5.69 Å². The molecule has 1 aliphatic carbocycles. The highest BCUT2D eigenvalue weighted by molar-refractivity contribution is 5.36. The number of rotatable bonds is 1. The first kappa shape index (κ1) is 8.31. The van der Waals surface area contributed by atoms with Crippen LogP contribution in [0.15, 0.2) is 0 Å². The van der Waals surface area contributed by atoms with Crippen LogP contribution in [0.1, 0.15) is 36.7 Å². The summed E-state index contributed by atoms with van der Waals surface area (Å²) in [5.74, 6) is 0. The molecule has 0 aromatic carbocycles. The summed E-state index contributed by atoms with van der Waals surface area (Å²) in [6, 6.07) is 2.26. The maximum Gasteiger partial charge on any atom is 0.141 e. The number of nitriles is 1. The van der Waals surface area contributed by atoms with E-state index in [1.165, 1.54) is 18.4 Å². The van der Waals surface area contributed by atoms with E-state index in [0.29, 0.717) is 0 Å². The average Bonchev–Trinajstić information content (AvgIpc) is 2.55. The molecule has 0 N–H and O–H groups in total. The first-order chi connectivity index (χ1) is 6.36. The molecule has 0 unspecified atom stereocenters. The van der Waals surface area contributed by atoms with Crippen molar-refractivity contribution in [1.29, 1.82) is 5.26 Å². The summed E-state index contributed by atoms with van der Waals surface area (Å²) in [6.07, 6.45) is 4.52. The first-order valence-corrected chi connectivity index (χ1v) is 4.85. The average molecular weight is 175 g/mol. The van der Waals surface area contributed by atoms with Crippen LogP contribution in [0.3, 0.4) is 0 Å². The molecular formula is C10H13N3. The smallest absolute Gasteiger partial charge is 0.141 e. The fraction of sp³-hybridized carbons (Fsp3) is 0.600. The second-order valence-corrected chi connectivity index (χ2v) is 3.41. The van der Waals surface area contributed by atoms with E-state index in [2.05, 4.69) is 11.2 Å². The quantitative estimate of drug-likeness (QED) is 0.651.